The first-order valence-corrected chi connectivity index (χ1v) is 8.09. The summed E-state index contributed by atoms with van der Waals surface area (Å²) in [5, 5.41) is 16.1. The highest BCUT2D eigenvalue weighted by molar-refractivity contribution is 5.72. The highest BCUT2D eigenvalue weighted by Crippen LogP contribution is 2.30. The van der Waals surface area contributed by atoms with Crippen LogP contribution in [0, 0.1) is 25.7 Å². The van der Waals surface area contributed by atoms with Gasteiger partial charge in [0.25, 0.3) is 0 Å². The number of anilines is 1. The van der Waals surface area contributed by atoms with Crippen molar-refractivity contribution < 1.29 is 9.53 Å². The molecular weight excluding hydrogens is 294 g/mol. The van der Waals surface area contributed by atoms with Crippen LogP contribution in [0.25, 0.3) is 5.65 Å². The summed E-state index contributed by atoms with van der Waals surface area (Å²) < 4.78 is 6.55. The average Bonchev–Trinajstić information content (AvgIpc) is 3.03. The lowest BCUT2D eigenvalue weighted by Gasteiger charge is -2.27. The maximum atomic E-state index is 11.6. The number of hydrogen-bond acceptors (Lipinski definition) is 6. The molecule has 3 rings (SSSR count). The first-order valence-electron chi connectivity index (χ1n) is 8.09. The fourth-order valence-corrected chi connectivity index (χ4v) is 3.28. The third kappa shape index (κ3) is 3.13. The van der Waals surface area contributed by atoms with Gasteiger partial charge in [0.2, 0.25) is 5.65 Å². The first-order chi connectivity index (χ1) is 11.1. The number of nitrogens with zero attached hydrogens (tertiary/aromatic N) is 4. The highest BCUT2D eigenvalue weighted by atomic mass is 16.5. The van der Waals surface area contributed by atoms with Crippen molar-refractivity contribution in [3.63, 3.8) is 0 Å². The van der Waals surface area contributed by atoms with Crippen LogP contribution in [0.15, 0.2) is 6.33 Å². The van der Waals surface area contributed by atoms with E-state index in [1.165, 1.54) is 7.11 Å². The zero-order valence-corrected chi connectivity index (χ0v) is 13.9. The molecule has 0 radical (unpaired) electrons. The molecule has 0 aliphatic heterocycles. The lowest BCUT2D eigenvalue weighted by Crippen LogP contribution is -2.26. The fourth-order valence-electron chi connectivity index (χ4n) is 3.28. The van der Waals surface area contributed by atoms with Crippen molar-refractivity contribution in [3.8, 4) is 0 Å². The molecule has 7 nitrogen and oxygen atoms in total. The molecule has 0 aromatic carbocycles. The summed E-state index contributed by atoms with van der Waals surface area (Å²) in [4.78, 5) is 11.6. The SMILES string of the molecule is COC(=O)C1CCC(CNc2c(C)c(C)nn3cnnc23)CC1. The van der Waals surface area contributed by atoms with E-state index in [4.69, 9.17) is 4.74 Å². The van der Waals surface area contributed by atoms with Gasteiger partial charge in [-0.1, -0.05) is 0 Å². The predicted octanol–water partition coefficient (Wildman–Crippen LogP) is 2.13. The van der Waals surface area contributed by atoms with Crippen molar-refractivity contribution in [2.24, 2.45) is 11.8 Å². The normalized spacial score (nSPS) is 21.3. The van der Waals surface area contributed by atoms with Gasteiger partial charge < -0.3 is 10.1 Å². The van der Waals surface area contributed by atoms with Crippen LogP contribution in [0.2, 0.25) is 0 Å². The van der Waals surface area contributed by atoms with Gasteiger partial charge in [-0.25, -0.2) is 0 Å². The first kappa shape index (κ1) is 15.7. The Hall–Kier alpha value is -2.18. The summed E-state index contributed by atoms with van der Waals surface area (Å²) in [6.45, 7) is 4.91. The third-order valence-electron chi connectivity index (χ3n) is 4.88. The van der Waals surface area contributed by atoms with Crippen molar-refractivity contribution in [2.75, 3.05) is 19.0 Å². The summed E-state index contributed by atoms with van der Waals surface area (Å²) in [6.07, 6.45) is 5.52. The molecule has 1 N–H and O–H groups in total. The average molecular weight is 317 g/mol. The molecule has 23 heavy (non-hydrogen) atoms. The maximum absolute atomic E-state index is 11.6. The van der Waals surface area contributed by atoms with Gasteiger partial charge in [0.1, 0.15) is 6.33 Å². The number of aryl methyl sites for hydroxylation is 1. The molecular formula is C16H23N5O2. The van der Waals surface area contributed by atoms with E-state index < -0.39 is 0 Å². The van der Waals surface area contributed by atoms with E-state index in [0.29, 0.717) is 5.92 Å². The minimum Gasteiger partial charge on any atom is -0.469 e. The number of ether oxygens (including phenoxy) is 1. The monoisotopic (exact) mass is 317 g/mol. The lowest BCUT2D eigenvalue weighted by atomic mass is 9.82. The predicted molar refractivity (Wildman–Crippen MR) is 86.2 cm³/mol. The van der Waals surface area contributed by atoms with Crippen LogP contribution in [0.3, 0.4) is 0 Å². The van der Waals surface area contributed by atoms with Gasteiger partial charge in [-0.3, -0.25) is 4.79 Å². The minimum atomic E-state index is -0.0674. The van der Waals surface area contributed by atoms with Gasteiger partial charge in [-0.2, -0.15) is 9.61 Å². The molecule has 1 aliphatic carbocycles. The van der Waals surface area contributed by atoms with Gasteiger partial charge >= 0.3 is 5.97 Å². The van der Waals surface area contributed by atoms with Gasteiger partial charge in [0.05, 0.1) is 24.4 Å². The van der Waals surface area contributed by atoms with E-state index in [1.807, 2.05) is 13.8 Å². The van der Waals surface area contributed by atoms with Gasteiger partial charge in [-0.05, 0) is 51.0 Å². The molecule has 0 saturated heterocycles. The maximum Gasteiger partial charge on any atom is 0.308 e. The second-order valence-electron chi connectivity index (χ2n) is 6.31. The number of fused-ring (bicyclic) bond motifs is 1. The lowest BCUT2D eigenvalue weighted by molar-refractivity contribution is -0.146. The van der Waals surface area contributed by atoms with Gasteiger partial charge in [-0.15, -0.1) is 10.2 Å². The molecule has 1 aliphatic rings. The number of esters is 1. The largest absolute Gasteiger partial charge is 0.469 e. The van der Waals surface area contributed by atoms with E-state index in [0.717, 1.165) is 54.8 Å². The quantitative estimate of drug-likeness (QED) is 0.870. The van der Waals surface area contributed by atoms with E-state index in [9.17, 15) is 4.79 Å². The van der Waals surface area contributed by atoms with Crippen molar-refractivity contribution in [1.82, 2.24) is 19.8 Å². The van der Waals surface area contributed by atoms with Crippen LogP contribution in [0.1, 0.15) is 36.9 Å². The Morgan fingerprint density at radius 1 is 1.35 bits per heavy atom. The molecule has 7 heteroatoms. The topological polar surface area (TPSA) is 81.4 Å². The number of methoxy groups -OCH3 is 1. The second kappa shape index (κ2) is 6.52. The van der Waals surface area contributed by atoms with Crippen LogP contribution in [0.5, 0.6) is 0 Å². The Morgan fingerprint density at radius 3 is 2.78 bits per heavy atom. The molecule has 0 amide bonds. The van der Waals surface area contributed by atoms with E-state index in [2.05, 4.69) is 20.6 Å². The molecule has 1 saturated carbocycles. The number of carbonyl (C=O) groups is 1. The Labute approximate surface area is 135 Å². The smallest absolute Gasteiger partial charge is 0.308 e. The molecule has 0 unspecified atom stereocenters. The van der Waals surface area contributed by atoms with Crippen LogP contribution in [0.4, 0.5) is 5.69 Å². The highest BCUT2D eigenvalue weighted by Gasteiger charge is 2.27. The van der Waals surface area contributed by atoms with Crippen molar-refractivity contribution in [2.45, 2.75) is 39.5 Å². The zero-order valence-electron chi connectivity index (χ0n) is 13.9. The summed E-state index contributed by atoms with van der Waals surface area (Å²) in [7, 11) is 1.47. The number of aromatic nitrogens is 4. The number of rotatable bonds is 4. The Kier molecular flexibility index (Phi) is 4.45. The van der Waals surface area contributed by atoms with E-state index in [1.54, 1.807) is 10.8 Å². The third-order valence-corrected chi connectivity index (χ3v) is 4.88. The molecule has 2 aromatic rings. The van der Waals surface area contributed by atoms with Crippen LogP contribution in [-0.2, 0) is 9.53 Å². The fraction of sp³-hybridized carbons (Fsp3) is 0.625. The Balaban J connectivity index is 1.65. The molecule has 2 aromatic heterocycles. The van der Waals surface area contributed by atoms with Crippen molar-refractivity contribution >= 4 is 17.3 Å². The Bertz CT molecular complexity index is 704. The van der Waals surface area contributed by atoms with Crippen LogP contribution in [-0.4, -0.2) is 39.4 Å². The summed E-state index contributed by atoms with van der Waals surface area (Å²) in [5.74, 6) is 0.568. The number of carbonyl (C=O) groups excluding carboxylic acids is 1. The molecule has 0 spiro atoms. The summed E-state index contributed by atoms with van der Waals surface area (Å²) in [6, 6.07) is 0. The molecule has 0 bridgehead atoms. The standard InChI is InChI=1S/C16H23N5O2/c1-10-11(2)20-21-9-18-19-15(21)14(10)17-8-12-4-6-13(7-5-12)16(22)23-3/h9,12-13,17H,4-8H2,1-3H3. The summed E-state index contributed by atoms with van der Waals surface area (Å²) in [5.41, 5.74) is 3.84. The van der Waals surface area contributed by atoms with Gasteiger partial charge in [0, 0.05) is 6.54 Å². The van der Waals surface area contributed by atoms with E-state index in [-0.39, 0.29) is 11.9 Å². The van der Waals surface area contributed by atoms with Gasteiger partial charge in [0.15, 0.2) is 0 Å². The summed E-state index contributed by atoms with van der Waals surface area (Å²) >= 11 is 0. The van der Waals surface area contributed by atoms with Crippen molar-refractivity contribution in [1.29, 1.82) is 0 Å². The molecule has 2 heterocycles. The number of nitrogens with one attached hydrogen (secondary N) is 1. The second-order valence-corrected chi connectivity index (χ2v) is 6.31. The molecule has 0 atom stereocenters. The molecule has 124 valence electrons. The minimum absolute atomic E-state index is 0.0674. The van der Waals surface area contributed by atoms with E-state index >= 15 is 0 Å². The Morgan fingerprint density at radius 2 is 2.09 bits per heavy atom. The van der Waals surface area contributed by atoms with Crippen molar-refractivity contribution in [3.05, 3.63) is 17.6 Å². The number of hydrogen-bond donors (Lipinski definition) is 1. The van der Waals surface area contributed by atoms with Crippen LogP contribution < -0.4 is 5.32 Å². The zero-order chi connectivity index (χ0) is 16.4. The van der Waals surface area contributed by atoms with Crippen LogP contribution >= 0.6 is 0 Å². The molecule has 1 fully saturated rings.